The second-order valence-electron chi connectivity index (χ2n) is 7.41. The maximum absolute atomic E-state index is 12.9. The summed E-state index contributed by atoms with van der Waals surface area (Å²) in [5.74, 6) is -0.389. The van der Waals surface area contributed by atoms with Crippen LogP contribution in [0.2, 0.25) is 10.0 Å². The summed E-state index contributed by atoms with van der Waals surface area (Å²) in [6.07, 6.45) is 4.90. The van der Waals surface area contributed by atoms with Crippen LogP contribution in [0.4, 0.5) is 0 Å². The van der Waals surface area contributed by atoms with Gasteiger partial charge in [-0.2, -0.15) is 0 Å². The lowest BCUT2D eigenvalue weighted by Gasteiger charge is -2.16. The van der Waals surface area contributed by atoms with Crippen LogP contribution in [0.5, 0.6) is 0 Å². The Balaban J connectivity index is 1.55. The minimum atomic E-state index is -0.598. The van der Waals surface area contributed by atoms with Crippen molar-refractivity contribution in [3.8, 4) is 0 Å². The highest BCUT2D eigenvalue weighted by Crippen LogP contribution is 2.20. The molecular weight excluding hydrogens is 439 g/mol. The van der Waals surface area contributed by atoms with E-state index in [0.29, 0.717) is 22.5 Å². The van der Waals surface area contributed by atoms with Gasteiger partial charge in [-0.05, 0) is 49.2 Å². The van der Waals surface area contributed by atoms with E-state index in [2.05, 4.69) is 15.8 Å². The number of hydrogen-bond donors (Lipinski definition) is 2. The highest BCUT2D eigenvalue weighted by molar-refractivity contribution is 6.35. The molecule has 0 atom stereocenters. The van der Waals surface area contributed by atoms with E-state index in [4.69, 9.17) is 23.2 Å². The zero-order valence-electron chi connectivity index (χ0n) is 16.6. The molecule has 4 rings (SSSR count). The number of fused-ring (bicyclic) bond motifs is 2. The average molecular weight is 459 g/mol. The van der Waals surface area contributed by atoms with Crippen molar-refractivity contribution in [1.29, 1.82) is 0 Å². The molecule has 31 heavy (non-hydrogen) atoms. The Hall–Kier alpha value is -2.90. The Bertz CT molecular complexity index is 1240. The van der Waals surface area contributed by atoms with Crippen molar-refractivity contribution in [3.05, 3.63) is 73.7 Å². The fraction of sp³-hybridized carbons (Fsp3) is 0.273. The minimum Gasteiger partial charge on any atom is -0.296 e. The van der Waals surface area contributed by atoms with Crippen molar-refractivity contribution in [2.24, 2.45) is 0 Å². The van der Waals surface area contributed by atoms with Crippen LogP contribution in [-0.4, -0.2) is 21.4 Å². The normalized spacial score (nSPS) is 13.7. The monoisotopic (exact) mass is 458 g/mol. The molecule has 0 saturated carbocycles. The predicted molar refractivity (Wildman–Crippen MR) is 120 cm³/mol. The van der Waals surface area contributed by atoms with E-state index in [1.165, 1.54) is 18.2 Å². The van der Waals surface area contributed by atoms with Crippen LogP contribution in [0.25, 0.3) is 10.9 Å². The van der Waals surface area contributed by atoms with Gasteiger partial charge >= 0.3 is 0 Å². The summed E-state index contributed by atoms with van der Waals surface area (Å²) >= 11 is 11.9. The SMILES string of the molecule is O=C(NNC(=O)c1cc(Cl)ccc1Cl)c1ccc2c(=O)n3c(nc2c1)CCCCCC3. The van der Waals surface area contributed by atoms with Crippen LogP contribution in [-0.2, 0) is 13.0 Å². The Labute approximate surface area is 188 Å². The first kappa shape index (κ1) is 21.3. The first-order chi connectivity index (χ1) is 14.9. The van der Waals surface area contributed by atoms with Gasteiger partial charge in [0.2, 0.25) is 0 Å². The number of hydrazine groups is 1. The largest absolute Gasteiger partial charge is 0.296 e. The van der Waals surface area contributed by atoms with Gasteiger partial charge < -0.3 is 0 Å². The van der Waals surface area contributed by atoms with Crippen LogP contribution in [0.15, 0.2) is 41.2 Å². The summed E-state index contributed by atoms with van der Waals surface area (Å²) in [5.41, 5.74) is 5.47. The summed E-state index contributed by atoms with van der Waals surface area (Å²) in [4.78, 5) is 42.4. The van der Waals surface area contributed by atoms with Gasteiger partial charge in [0.1, 0.15) is 5.82 Å². The maximum Gasteiger partial charge on any atom is 0.271 e. The lowest BCUT2D eigenvalue weighted by Crippen LogP contribution is -2.41. The third kappa shape index (κ3) is 4.57. The van der Waals surface area contributed by atoms with Crippen molar-refractivity contribution in [2.75, 3.05) is 0 Å². The summed E-state index contributed by atoms with van der Waals surface area (Å²) in [5, 5.41) is 1.03. The van der Waals surface area contributed by atoms with Crippen molar-refractivity contribution in [1.82, 2.24) is 20.4 Å². The molecule has 2 amide bonds. The summed E-state index contributed by atoms with van der Waals surface area (Å²) in [6.45, 7) is 0.664. The van der Waals surface area contributed by atoms with Crippen LogP contribution < -0.4 is 16.4 Å². The van der Waals surface area contributed by atoms with Crippen LogP contribution in [0, 0.1) is 0 Å². The van der Waals surface area contributed by atoms with Gasteiger partial charge in [0, 0.05) is 23.6 Å². The lowest BCUT2D eigenvalue weighted by atomic mass is 10.1. The maximum atomic E-state index is 12.9. The fourth-order valence-corrected chi connectivity index (χ4v) is 4.04. The van der Waals surface area contributed by atoms with E-state index < -0.39 is 11.8 Å². The number of nitrogens with one attached hydrogen (secondary N) is 2. The van der Waals surface area contributed by atoms with Crippen LogP contribution in [0.1, 0.15) is 52.2 Å². The van der Waals surface area contributed by atoms with E-state index in [0.717, 1.165) is 37.9 Å². The van der Waals surface area contributed by atoms with Crippen molar-refractivity contribution >= 4 is 45.9 Å². The van der Waals surface area contributed by atoms with Gasteiger partial charge in [-0.15, -0.1) is 0 Å². The molecule has 0 aliphatic carbocycles. The number of carbonyl (C=O) groups excluding carboxylic acids is 2. The summed E-state index contributed by atoms with van der Waals surface area (Å²) in [6, 6.07) is 9.17. The molecular formula is C22H20Cl2N4O3. The van der Waals surface area contributed by atoms with E-state index >= 15 is 0 Å². The van der Waals surface area contributed by atoms with Gasteiger partial charge in [-0.1, -0.05) is 36.0 Å². The molecule has 1 aliphatic heterocycles. The molecule has 3 aromatic rings. The molecule has 0 spiro atoms. The third-order valence-electron chi connectivity index (χ3n) is 5.29. The standard InChI is InChI=1S/C22H20Cl2N4O3/c23-14-7-9-17(24)16(12-14)21(30)27-26-20(29)13-6-8-15-18(11-13)25-19-5-3-1-2-4-10-28(19)22(15)31/h6-9,11-12H,1-5,10H2,(H,26,29)(H,27,30). The highest BCUT2D eigenvalue weighted by Gasteiger charge is 2.16. The number of aromatic nitrogens is 2. The van der Waals surface area contributed by atoms with E-state index in [-0.39, 0.29) is 21.7 Å². The van der Waals surface area contributed by atoms with Crippen molar-refractivity contribution in [3.63, 3.8) is 0 Å². The van der Waals surface area contributed by atoms with Crippen LogP contribution in [0.3, 0.4) is 0 Å². The Morgan fingerprint density at radius 2 is 1.71 bits per heavy atom. The number of hydrogen-bond acceptors (Lipinski definition) is 4. The summed E-state index contributed by atoms with van der Waals surface area (Å²) in [7, 11) is 0. The van der Waals surface area contributed by atoms with Crippen LogP contribution >= 0.6 is 23.2 Å². The molecule has 0 saturated heterocycles. The Morgan fingerprint density at radius 1 is 0.935 bits per heavy atom. The van der Waals surface area contributed by atoms with E-state index in [1.807, 2.05) is 0 Å². The van der Waals surface area contributed by atoms with Gasteiger partial charge in [-0.25, -0.2) is 4.98 Å². The molecule has 2 aromatic carbocycles. The average Bonchev–Trinajstić information content (AvgIpc) is 2.74. The number of halogens is 2. The molecule has 1 aromatic heterocycles. The molecule has 7 nitrogen and oxygen atoms in total. The predicted octanol–water partition coefficient (Wildman–Crippen LogP) is 3.89. The number of carbonyl (C=O) groups is 2. The zero-order valence-corrected chi connectivity index (χ0v) is 18.1. The highest BCUT2D eigenvalue weighted by atomic mass is 35.5. The molecule has 0 unspecified atom stereocenters. The van der Waals surface area contributed by atoms with E-state index in [9.17, 15) is 14.4 Å². The molecule has 0 radical (unpaired) electrons. The quantitative estimate of drug-likeness (QED) is 0.569. The number of amides is 2. The first-order valence-corrected chi connectivity index (χ1v) is 10.8. The topological polar surface area (TPSA) is 93.1 Å². The second kappa shape index (κ2) is 9.08. The van der Waals surface area contributed by atoms with Gasteiger partial charge in [0.05, 0.1) is 21.5 Å². The number of nitrogens with zero attached hydrogens (tertiary/aromatic N) is 2. The minimum absolute atomic E-state index is 0.0854. The first-order valence-electron chi connectivity index (χ1n) is 10.0. The molecule has 160 valence electrons. The fourth-order valence-electron chi connectivity index (χ4n) is 3.66. The molecule has 1 aliphatic rings. The number of aryl methyl sites for hydroxylation is 1. The lowest BCUT2D eigenvalue weighted by molar-refractivity contribution is 0.0847. The van der Waals surface area contributed by atoms with Gasteiger partial charge in [-0.3, -0.25) is 29.8 Å². The second-order valence-corrected chi connectivity index (χ2v) is 8.26. The summed E-state index contributed by atoms with van der Waals surface area (Å²) < 4.78 is 1.75. The number of rotatable bonds is 2. The molecule has 0 bridgehead atoms. The smallest absolute Gasteiger partial charge is 0.271 e. The van der Waals surface area contributed by atoms with E-state index in [1.54, 1.807) is 22.8 Å². The third-order valence-corrected chi connectivity index (χ3v) is 5.86. The molecule has 2 heterocycles. The molecule has 9 heteroatoms. The zero-order chi connectivity index (χ0) is 22.0. The van der Waals surface area contributed by atoms with Crippen molar-refractivity contribution in [2.45, 2.75) is 38.6 Å². The van der Waals surface area contributed by atoms with Crippen molar-refractivity contribution < 1.29 is 9.59 Å². The Kier molecular flexibility index (Phi) is 6.25. The molecule has 0 fully saturated rings. The van der Waals surface area contributed by atoms with Gasteiger partial charge in [0.15, 0.2) is 0 Å². The van der Waals surface area contributed by atoms with Gasteiger partial charge in [0.25, 0.3) is 17.4 Å². The Morgan fingerprint density at radius 3 is 2.55 bits per heavy atom. The number of benzene rings is 2. The molecule has 2 N–H and O–H groups in total.